The minimum absolute atomic E-state index is 0.307. The summed E-state index contributed by atoms with van der Waals surface area (Å²) in [6.45, 7) is 2.17. The van der Waals surface area contributed by atoms with Crippen LogP contribution in [0.2, 0.25) is 0 Å². The van der Waals surface area contributed by atoms with Gasteiger partial charge in [-0.05, 0) is 31.2 Å². The van der Waals surface area contributed by atoms with E-state index >= 15 is 0 Å². The molecule has 0 unspecified atom stereocenters. The van der Waals surface area contributed by atoms with E-state index in [0.29, 0.717) is 23.4 Å². The molecule has 1 aromatic carbocycles. The highest BCUT2D eigenvalue weighted by Gasteiger charge is 2.06. The van der Waals surface area contributed by atoms with Gasteiger partial charge in [-0.1, -0.05) is 6.07 Å². The Hall–Kier alpha value is -2.41. The molecule has 2 aromatic rings. The van der Waals surface area contributed by atoms with Gasteiger partial charge in [-0.3, -0.25) is 4.98 Å². The zero-order valence-corrected chi connectivity index (χ0v) is 9.94. The molecule has 90 valence electrons. The molecule has 3 nitrogen and oxygen atoms in total. The number of halogens is 1. The molecule has 2 rings (SSSR count). The molecule has 0 bridgehead atoms. The Morgan fingerprint density at radius 1 is 1.39 bits per heavy atom. The smallest absolute Gasteiger partial charge is 0.129 e. The van der Waals surface area contributed by atoms with Crippen LogP contribution in [0.4, 0.5) is 10.1 Å². The summed E-state index contributed by atoms with van der Waals surface area (Å²) in [6.07, 6.45) is 1.70. The minimum Gasteiger partial charge on any atom is -0.379 e. The van der Waals surface area contributed by atoms with Gasteiger partial charge in [0.05, 0.1) is 23.9 Å². The first-order valence-corrected chi connectivity index (χ1v) is 5.54. The number of aromatic nitrogens is 1. The maximum atomic E-state index is 13.5. The first-order chi connectivity index (χ1) is 8.70. The molecule has 0 fully saturated rings. The summed E-state index contributed by atoms with van der Waals surface area (Å²) < 4.78 is 13.5. The summed E-state index contributed by atoms with van der Waals surface area (Å²) in [6, 6.07) is 10.4. The third-order valence-electron chi connectivity index (χ3n) is 2.66. The first kappa shape index (κ1) is 12.1. The van der Waals surface area contributed by atoms with Crippen LogP contribution in [0, 0.1) is 24.1 Å². The second-order valence-corrected chi connectivity index (χ2v) is 3.92. The summed E-state index contributed by atoms with van der Waals surface area (Å²) in [7, 11) is 0. The molecular formula is C14H12FN3. The first-order valence-electron chi connectivity index (χ1n) is 5.54. The Kier molecular flexibility index (Phi) is 3.54. The molecule has 0 saturated carbocycles. The van der Waals surface area contributed by atoms with Gasteiger partial charge in [0.2, 0.25) is 0 Å². The topological polar surface area (TPSA) is 48.7 Å². The van der Waals surface area contributed by atoms with Crippen molar-refractivity contribution in [2.45, 2.75) is 13.5 Å². The van der Waals surface area contributed by atoms with Gasteiger partial charge < -0.3 is 5.32 Å². The van der Waals surface area contributed by atoms with Crippen LogP contribution in [0.15, 0.2) is 36.5 Å². The number of hydrogen-bond acceptors (Lipinski definition) is 3. The van der Waals surface area contributed by atoms with E-state index in [1.807, 2.05) is 24.3 Å². The van der Waals surface area contributed by atoms with Crippen molar-refractivity contribution in [3.8, 4) is 6.07 Å². The Balaban J connectivity index is 2.19. The van der Waals surface area contributed by atoms with Crippen LogP contribution in [-0.2, 0) is 6.54 Å². The highest BCUT2D eigenvalue weighted by Crippen LogP contribution is 2.20. The van der Waals surface area contributed by atoms with Gasteiger partial charge in [0, 0.05) is 17.4 Å². The molecule has 0 aliphatic rings. The summed E-state index contributed by atoms with van der Waals surface area (Å²) in [5, 5.41) is 11.9. The maximum absolute atomic E-state index is 13.5. The fourth-order valence-electron chi connectivity index (χ4n) is 1.62. The van der Waals surface area contributed by atoms with Crippen LogP contribution in [0.3, 0.4) is 0 Å². The lowest BCUT2D eigenvalue weighted by Crippen LogP contribution is -2.04. The van der Waals surface area contributed by atoms with E-state index in [9.17, 15) is 4.39 Å². The maximum Gasteiger partial charge on any atom is 0.129 e. The highest BCUT2D eigenvalue weighted by molar-refractivity contribution is 5.55. The molecular weight excluding hydrogens is 229 g/mol. The summed E-state index contributed by atoms with van der Waals surface area (Å²) in [4.78, 5) is 4.17. The lowest BCUT2D eigenvalue weighted by Gasteiger charge is -2.10. The molecule has 0 spiro atoms. The van der Waals surface area contributed by atoms with Crippen molar-refractivity contribution in [3.63, 3.8) is 0 Å². The standard InChI is InChI=1S/C14H12FN3/c1-10-13(15)6-11(8-16)7-14(10)18-9-12-4-2-3-5-17-12/h2-7,18H,9H2,1H3. The van der Waals surface area contributed by atoms with E-state index in [0.717, 1.165) is 5.69 Å². The molecule has 1 N–H and O–H groups in total. The number of hydrogen-bond donors (Lipinski definition) is 1. The Bertz CT molecular complexity index is 588. The molecule has 0 aliphatic heterocycles. The minimum atomic E-state index is -0.377. The molecule has 4 heteroatoms. The molecule has 0 aliphatic carbocycles. The van der Waals surface area contributed by atoms with Gasteiger partial charge in [-0.15, -0.1) is 0 Å². The van der Waals surface area contributed by atoms with E-state index in [-0.39, 0.29) is 5.82 Å². The van der Waals surface area contributed by atoms with Crippen LogP contribution in [-0.4, -0.2) is 4.98 Å². The number of nitrogens with zero attached hydrogens (tertiary/aromatic N) is 2. The van der Waals surface area contributed by atoms with Gasteiger partial charge in [-0.25, -0.2) is 4.39 Å². The molecule has 1 aromatic heterocycles. The number of nitriles is 1. The molecule has 0 amide bonds. The van der Waals surface area contributed by atoms with Gasteiger partial charge in [-0.2, -0.15) is 5.26 Å². The van der Waals surface area contributed by atoms with Gasteiger partial charge in [0.15, 0.2) is 0 Å². The van der Waals surface area contributed by atoms with Crippen LogP contribution >= 0.6 is 0 Å². The number of nitrogens with one attached hydrogen (secondary N) is 1. The molecule has 18 heavy (non-hydrogen) atoms. The second-order valence-electron chi connectivity index (χ2n) is 3.92. The monoisotopic (exact) mass is 241 g/mol. The zero-order chi connectivity index (χ0) is 13.0. The molecule has 0 atom stereocenters. The average Bonchev–Trinajstić information content (AvgIpc) is 2.41. The van der Waals surface area contributed by atoms with Crippen molar-refractivity contribution >= 4 is 5.69 Å². The fourth-order valence-corrected chi connectivity index (χ4v) is 1.62. The predicted octanol–water partition coefficient (Wildman–Crippen LogP) is 3.01. The van der Waals surface area contributed by atoms with Crippen molar-refractivity contribution in [1.82, 2.24) is 4.98 Å². The lowest BCUT2D eigenvalue weighted by molar-refractivity contribution is 0.618. The SMILES string of the molecule is Cc1c(F)cc(C#N)cc1NCc1ccccn1. The summed E-state index contributed by atoms with van der Waals surface area (Å²) >= 11 is 0. The summed E-state index contributed by atoms with van der Waals surface area (Å²) in [5.74, 6) is -0.377. The predicted molar refractivity (Wildman–Crippen MR) is 67.4 cm³/mol. The highest BCUT2D eigenvalue weighted by atomic mass is 19.1. The van der Waals surface area contributed by atoms with E-state index in [1.54, 1.807) is 19.2 Å². The van der Waals surface area contributed by atoms with Gasteiger partial charge in [0.1, 0.15) is 5.82 Å². The Morgan fingerprint density at radius 2 is 2.22 bits per heavy atom. The quantitative estimate of drug-likeness (QED) is 0.898. The molecule has 0 saturated heterocycles. The lowest BCUT2D eigenvalue weighted by atomic mass is 10.1. The molecule has 0 radical (unpaired) electrons. The number of rotatable bonds is 3. The van der Waals surface area contributed by atoms with Crippen LogP contribution in [0.5, 0.6) is 0 Å². The third-order valence-corrected chi connectivity index (χ3v) is 2.66. The van der Waals surface area contributed by atoms with Crippen molar-refractivity contribution in [2.24, 2.45) is 0 Å². The normalized spacial score (nSPS) is 9.83. The van der Waals surface area contributed by atoms with Crippen molar-refractivity contribution in [3.05, 3.63) is 59.2 Å². The summed E-state index contributed by atoms with van der Waals surface area (Å²) in [5.41, 5.74) is 2.29. The van der Waals surface area contributed by atoms with Crippen LogP contribution in [0.1, 0.15) is 16.8 Å². The van der Waals surface area contributed by atoms with E-state index < -0.39 is 0 Å². The third kappa shape index (κ3) is 2.64. The van der Waals surface area contributed by atoms with Gasteiger partial charge in [0.25, 0.3) is 0 Å². The van der Waals surface area contributed by atoms with Crippen LogP contribution < -0.4 is 5.32 Å². The largest absolute Gasteiger partial charge is 0.379 e. The van der Waals surface area contributed by atoms with E-state index in [1.165, 1.54) is 6.07 Å². The van der Waals surface area contributed by atoms with Crippen molar-refractivity contribution < 1.29 is 4.39 Å². The number of anilines is 1. The van der Waals surface area contributed by atoms with E-state index in [4.69, 9.17) is 5.26 Å². The number of pyridine rings is 1. The van der Waals surface area contributed by atoms with Gasteiger partial charge >= 0.3 is 0 Å². The second kappa shape index (κ2) is 5.28. The average molecular weight is 241 g/mol. The molecule has 1 heterocycles. The van der Waals surface area contributed by atoms with E-state index in [2.05, 4.69) is 10.3 Å². The van der Waals surface area contributed by atoms with Crippen LogP contribution in [0.25, 0.3) is 0 Å². The fraction of sp³-hybridized carbons (Fsp3) is 0.143. The van der Waals surface area contributed by atoms with Crippen molar-refractivity contribution in [1.29, 1.82) is 5.26 Å². The Labute approximate surface area is 105 Å². The Morgan fingerprint density at radius 3 is 2.89 bits per heavy atom. The number of benzene rings is 1. The zero-order valence-electron chi connectivity index (χ0n) is 9.94. The van der Waals surface area contributed by atoms with Crippen molar-refractivity contribution in [2.75, 3.05) is 5.32 Å².